The summed E-state index contributed by atoms with van der Waals surface area (Å²) in [5.74, 6) is -0.221. The van der Waals surface area contributed by atoms with Crippen molar-refractivity contribution in [3.63, 3.8) is 0 Å². The van der Waals surface area contributed by atoms with E-state index in [1.54, 1.807) is 11.0 Å². The Labute approximate surface area is 153 Å². The number of benzene rings is 2. The zero-order valence-corrected chi connectivity index (χ0v) is 15.8. The minimum Gasteiger partial charge on any atom is -0.339 e. The van der Waals surface area contributed by atoms with E-state index in [2.05, 4.69) is 4.72 Å². The van der Waals surface area contributed by atoms with E-state index in [0.29, 0.717) is 18.7 Å². The van der Waals surface area contributed by atoms with Crippen molar-refractivity contribution in [2.24, 2.45) is 0 Å². The molecule has 0 heterocycles. The van der Waals surface area contributed by atoms with Crippen LogP contribution in [0, 0.1) is 0 Å². The Balaban J connectivity index is 2.28. The lowest BCUT2D eigenvalue weighted by Gasteiger charge is -2.19. The average molecular weight is 381 g/mol. The molecule has 1 N–H and O–H groups in total. The van der Waals surface area contributed by atoms with E-state index < -0.39 is 10.0 Å². The molecule has 0 aliphatic rings. The number of sulfonamides is 1. The fourth-order valence-corrected chi connectivity index (χ4v) is 3.93. The lowest BCUT2D eigenvalue weighted by atomic mass is 10.2. The number of rotatable bonds is 7. The van der Waals surface area contributed by atoms with Gasteiger partial charge < -0.3 is 4.90 Å². The highest BCUT2D eigenvalue weighted by atomic mass is 35.5. The van der Waals surface area contributed by atoms with E-state index in [1.165, 1.54) is 12.1 Å². The van der Waals surface area contributed by atoms with E-state index in [0.717, 1.165) is 5.56 Å². The molecule has 0 unspecified atom stereocenters. The first-order chi connectivity index (χ1) is 11.9. The third-order valence-electron chi connectivity index (χ3n) is 3.83. The Kier molecular flexibility index (Phi) is 6.58. The normalized spacial score (nSPS) is 11.3. The molecule has 25 heavy (non-hydrogen) atoms. The second-order valence-corrected chi connectivity index (χ2v) is 7.58. The SMILES string of the molecule is CCN(CC)C(=O)c1ccc(Cl)c(S(=O)(=O)NCc2ccccc2)c1. The van der Waals surface area contributed by atoms with Crippen molar-refractivity contribution in [3.05, 3.63) is 64.7 Å². The summed E-state index contributed by atoms with van der Waals surface area (Å²) < 4.78 is 27.7. The Morgan fingerprint density at radius 3 is 2.32 bits per heavy atom. The number of amides is 1. The third-order valence-corrected chi connectivity index (χ3v) is 5.71. The molecule has 0 atom stereocenters. The van der Waals surface area contributed by atoms with Gasteiger partial charge >= 0.3 is 0 Å². The van der Waals surface area contributed by atoms with Gasteiger partial charge in [-0.3, -0.25) is 4.79 Å². The van der Waals surface area contributed by atoms with Gasteiger partial charge in [-0.05, 0) is 37.6 Å². The zero-order valence-electron chi connectivity index (χ0n) is 14.2. The summed E-state index contributed by atoms with van der Waals surface area (Å²) in [5, 5.41) is 0.0802. The predicted molar refractivity (Wildman–Crippen MR) is 99.2 cm³/mol. The van der Waals surface area contributed by atoms with E-state index in [4.69, 9.17) is 11.6 Å². The first-order valence-corrected chi connectivity index (χ1v) is 9.87. The highest BCUT2D eigenvalue weighted by Gasteiger charge is 2.21. The van der Waals surface area contributed by atoms with Gasteiger partial charge in [-0.25, -0.2) is 13.1 Å². The van der Waals surface area contributed by atoms with Gasteiger partial charge in [-0.2, -0.15) is 0 Å². The molecule has 0 aliphatic heterocycles. The van der Waals surface area contributed by atoms with Crippen LogP contribution >= 0.6 is 11.6 Å². The van der Waals surface area contributed by atoms with E-state index >= 15 is 0 Å². The molecule has 0 spiro atoms. The molecule has 0 bridgehead atoms. The number of carbonyl (C=O) groups excluding carboxylic acids is 1. The molecule has 0 fully saturated rings. The standard InChI is InChI=1S/C18H21ClN2O3S/c1-3-21(4-2)18(22)15-10-11-16(19)17(12-15)25(23,24)20-13-14-8-6-5-7-9-14/h5-12,20H,3-4,13H2,1-2H3. The molecule has 0 aliphatic carbocycles. The van der Waals surface area contributed by atoms with Crippen molar-refractivity contribution in [1.82, 2.24) is 9.62 Å². The summed E-state index contributed by atoms with van der Waals surface area (Å²) in [6.07, 6.45) is 0. The van der Waals surface area contributed by atoms with Gasteiger partial charge in [0.05, 0.1) is 5.02 Å². The largest absolute Gasteiger partial charge is 0.339 e. The summed E-state index contributed by atoms with van der Waals surface area (Å²) >= 11 is 6.07. The maximum absolute atomic E-state index is 12.6. The summed E-state index contributed by atoms with van der Waals surface area (Å²) in [4.78, 5) is 14.0. The predicted octanol–water partition coefficient (Wildman–Crippen LogP) is 3.30. The van der Waals surface area contributed by atoms with Gasteiger partial charge in [0.1, 0.15) is 4.90 Å². The first kappa shape index (κ1) is 19.4. The molecule has 2 rings (SSSR count). The summed E-state index contributed by atoms with van der Waals surface area (Å²) in [7, 11) is -3.84. The Hall–Kier alpha value is -1.89. The number of nitrogens with zero attached hydrogens (tertiary/aromatic N) is 1. The summed E-state index contributed by atoms with van der Waals surface area (Å²) in [6, 6.07) is 13.5. The third kappa shape index (κ3) is 4.81. The molecule has 1 amide bonds. The highest BCUT2D eigenvalue weighted by Crippen LogP contribution is 2.23. The maximum atomic E-state index is 12.6. The second-order valence-electron chi connectivity index (χ2n) is 5.43. The van der Waals surface area contributed by atoms with Gasteiger partial charge in [0.15, 0.2) is 0 Å². The molecule has 0 saturated carbocycles. The van der Waals surface area contributed by atoms with Crippen molar-refractivity contribution >= 4 is 27.5 Å². The van der Waals surface area contributed by atoms with Crippen molar-refractivity contribution in [2.75, 3.05) is 13.1 Å². The molecule has 2 aromatic carbocycles. The van der Waals surface area contributed by atoms with Crippen LogP contribution < -0.4 is 4.72 Å². The average Bonchev–Trinajstić information content (AvgIpc) is 2.62. The lowest BCUT2D eigenvalue weighted by molar-refractivity contribution is 0.0772. The fraction of sp³-hybridized carbons (Fsp3) is 0.278. The molecule has 5 nitrogen and oxygen atoms in total. The molecule has 2 aromatic rings. The topological polar surface area (TPSA) is 66.5 Å². The zero-order chi connectivity index (χ0) is 18.4. The van der Waals surface area contributed by atoms with E-state index in [9.17, 15) is 13.2 Å². The Morgan fingerprint density at radius 2 is 1.72 bits per heavy atom. The van der Waals surface area contributed by atoms with E-state index in [1.807, 2.05) is 44.2 Å². The van der Waals surface area contributed by atoms with Crippen LogP contribution in [0.2, 0.25) is 5.02 Å². The fourth-order valence-electron chi connectivity index (χ4n) is 2.39. The van der Waals surface area contributed by atoms with Crippen molar-refractivity contribution in [1.29, 1.82) is 0 Å². The number of carbonyl (C=O) groups is 1. The maximum Gasteiger partial charge on any atom is 0.253 e. The van der Waals surface area contributed by atoms with E-state index in [-0.39, 0.29) is 22.4 Å². The molecular weight excluding hydrogens is 360 g/mol. The molecular formula is C18H21ClN2O3S. The van der Waals surface area contributed by atoms with Crippen LogP contribution in [-0.2, 0) is 16.6 Å². The Morgan fingerprint density at radius 1 is 1.08 bits per heavy atom. The molecule has 0 radical (unpaired) electrons. The van der Waals surface area contributed by atoms with Crippen LogP contribution in [0.4, 0.5) is 0 Å². The summed E-state index contributed by atoms with van der Waals surface area (Å²) in [5.41, 5.74) is 1.13. The molecule has 7 heteroatoms. The van der Waals surface area contributed by atoms with Gasteiger partial charge in [0.25, 0.3) is 5.91 Å². The minimum absolute atomic E-state index is 0.0802. The van der Waals surface area contributed by atoms with Gasteiger partial charge in [-0.15, -0.1) is 0 Å². The van der Waals surface area contributed by atoms with Crippen LogP contribution in [0.25, 0.3) is 0 Å². The van der Waals surface area contributed by atoms with Crippen LogP contribution in [0.3, 0.4) is 0 Å². The van der Waals surface area contributed by atoms with Gasteiger partial charge in [0, 0.05) is 25.2 Å². The number of nitrogens with one attached hydrogen (secondary N) is 1. The monoisotopic (exact) mass is 380 g/mol. The van der Waals surface area contributed by atoms with Gasteiger partial charge in [0.2, 0.25) is 10.0 Å². The van der Waals surface area contributed by atoms with Crippen LogP contribution in [0.5, 0.6) is 0 Å². The van der Waals surface area contributed by atoms with Gasteiger partial charge in [-0.1, -0.05) is 41.9 Å². The molecule has 0 saturated heterocycles. The highest BCUT2D eigenvalue weighted by molar-refractivity contribution is 7.89. The van der Waals surface area contributed by atoms with Crippen LogP contribution in [0.1, 0.15) is 29.8 Å². The van der Waals surface area contributed by atoms with Crippen LogP contribution in [0.15, 0.2) is 53.4 Å². The van der Waals surface area contributed by atoms with Crippen LogP contribution in [-0.4, -0.2) is 32.3 Å². The minimum atomic E-state index is -3.84. The van der Waals surface area contributed by atoms with Crippen molar-refractivity contribution in [3.8, 4) is 0 Å². The lowest BCUT2D eigenvalue weighted by Crippen LogP contribution is -2.31. The molecule has 134 valence electrons. The quantitative estimate of drug-likeness (QED) is 0.801. The Bertz CT molecular complexity index is 835. The first-order valence-electron chi connectivity index (χ1n) is 8.01. The number of halogens is 1. The molecule has 0 aromatic heterocycles. The smallest absolute Gasteiger partial charge is 0.253 e. The second kappa shape index (κ2) is 8.47. The number of hydrogen-bond acceptors (Lipinski definition) is 3. The van der Waals surface area contributed by atoms with Crippen molar-refractivity contribution in [2.45, 2.75) is 25.3 Å². The summed E-state index contributed by atoms with van der Waals surface area (Å²) in [6.45, 7) is 4.99. The van der Waals surface area contributed by atoms with Crippen molar-refractivity contribution < 1.29 is 13.2 Å². The number of hydrogen-bond donors (Lipinski definition) is 1.